The summed E-state index contributed by atoms with van der Waals surface area (Å²) in [7, 11) is 0. The van der Waals surface area contributed by atoms with Crippen molar-refractivity contribution < 1.29 is 4.79 Å². The van der Waals surface area contributed by atoms with Crippen LogP contribution in [0.2, 0.25) is 0 Å². The summed E-state index contributed by atoms with van der Waals surface area (Å²) in [5.74, 6) is 0.954. The van der Waals surface area contributed by atoms with Crippen molar-refractivity contribution in [1.82, 2.24) is 15.5 Å². The molecule has 0 atom stereocenters. The molecule has 2 aliphatic rings. The van der Waals surface area contributed by atoms with E-state index in [0.29, 0.717) is 6.04 Å². The molecule has 1 saturated carbocycles. The number of amides is 1. The highest BCUT2D eigenvalue weighted by atomic mass is 127. The fourth-order valence-electron chi connectivity index (χ4n) is 3.02. The van der Waals surface area contributed by atoms with E-state index in [2.05, 4.69) is 27.4 Å². The number of halogens is 1. The number of aliphatic imine (C=N–C) groups is 1. The SMILES string of the molecule is CCNC(=NCC(=O)NC1CCCCC1)N1CCCC1.I. The molecule has 122 valence electrons. The molecule has 0 unspecified atom stereocenters. The summed E-state index contributed by atoms with van der Waals surface area (Å²) in [6, 6.07) is 0.376. The normalized spacial score (nSPS) is 20.0. The van der Waals surface area contributed by atoms with Crippen LogP contribution in [0, 0.1) is 0 Å². The fourth-order valence-corrected chi connectivity index (χ4v) is 3.02. The largest absolute Gasteiger partial charge is 0.357 e. The van der Waals surface area contributed by atoms with Gasteiger partial charge in [-0.15, -0.1) is 24.0 Å². The summed E-state index contributed by atoms with van der Waals surface area (Å²) in [6.07, 6.45) is 8.49. The second-order valence-corrected chi connectivity index (χ2v) is 5.77. The van der Waals surface area contributed by atoms with Gasteiger partial charge in [-0.25, -0.2) is 4.99 Å². The number of nitrogens with one attached hydrogen (secondary N) is 2. The molecule has 1 heterocycles. The molecule has 21 heavy (non-hydrogen) atoms. The molecule has 0 aromatic heterocycles. The van der Waals surface area contributed by atoms with Crippen molar-refractivity contribution in [3.05, 3.63) is 0 Å². The maximum absolute atomic E-state index is 12.0. The van der Waals surface area contributed by atoms with Gasteiger partial charge in [0, 0.05) is 25.7 Å². The van der Waals surface area contributed by atoms with Crippen LogP contribution in [0.5, 0.6) is 0 Å². The van der Waals surface area contributed by atoms with E-state index >= 15 is 0 Å². The number of rotatable bonds is 4. The number of hydrogen-bond donors (Lipinski definition) is 2. The highest BCUT2D eigenvalue weighted by Crippen LogP contribution is 2.17. The molecule has 2 N–H and O–H groups in total. The van der Waals surface area contributed by atoms with Crippen LogP contribution >= 0.6 is 24.0 Å². The van der Waals surface area contributed by atoms with Crippen molar-refractivity contribution in [2.45, 2.75) is 57.9 Å². The monoisotopic (exact) mass is 408 g/mol. The zero-order valence-electron chi connectivity index (χ0n) is 13.1. The molecular formula is C15H29IN4O. The number of hydrogen-bond acceptors (Lipinski definition) is 2. The summed E-state index contributed by atoms with van der Waals surface area (Å²) in [6.45, 7) is 5.26. The molecule has 2 fully saturated rings. The first-order valence-electron chi connectivity index (χ1n) is 8.12. The molecular weight excluding hydrogens is 379 g/mol. The molecule has 1 saturated heterocycles. The molecule has 1 aliphatic carbocycles. The van der Waals surface area contributed by atoms with Gasteiger partial charge in [0.05, 0.1) is 0 Å². The van der Waals surface area contributed by atoms with E-state index in [0.717, 1.165) is 38.4 Å². The van der Waals surface area contributed by atoms with Gasteiger partial charge >= 0.3 is 0 Å². The first-order valence-corrected chi connectivity index (χ1v) is 8.12. The van der Waals surface area contributed by atoms with Crippen molar-refractivity contribution in [1.29, 1.82) is 0 Å². The zero-order valence-corrected chi connectivity index (χ0v) is 15.4. The number of carbonyl (C=O) groups excluding carboxylic acids is 1. The van der Waals surface area contributed by atoms with Crippen LogP contribution in [0.25, 0.3) is 0 Å². The van der Waals surface area contributed by atoms with Gasteiger partial charge < -0.3 is 15.5 Å². The molecule has 0 radical (unpaired) electrons. The third-order valence-corrected chi connectivity index (χ3v) is 4.08. The minimum Gasteiger partial charge on any atom is -0.357 e. The van der Waals surface area contributed by atoms with Crippen molar-refractivity contribution in [2.75, 3.05) is 26.2 Å². The van der Waals surface area contributed by atoms with E-state index in [9.17, 15) is 4.79 Å². The maximum Gasteiger partial charge on any atom is 0.242 e. The van der Waals surface area contributed by atoms with Gasteiger partial charge in [0.2, 0.25) is 5.91 Å². The smallest absolute Gasteiger partial charge is 0.242 e. The predicted octanol–water partition coefficient (Wildman–Crippen LogP) is 2.11. The summed E-state index contributed by atoms with van der Waals surface area (Å²) in [4.78, 5) is 18.7. The average Bonchev–Trinajstić information content (AvgIpc) is 2.98. The summed E-state index contributed by atoms with van der Waals surface area (Å²) in [5.41, 5.74) is 0. The lowest BCUT2D eigenvalue weighted by molar-refractivity contribution is -0.120. The number of likely N-dealkylation sites (tertiary alicyclic amines) is 1. The average molecular weight is 408 g/mol. The van der Waals surface area contributed by atoms with Gasteiger partial charge in [0.15, 0.2) is 5.96 Å². The van der Waals surface area contributed by atoms with E-state index in [1.165, 1.54) is 32.1 Å². The maximum atomic E-state index is 12.0. The lowest BCUT2D eigenvalue weighted by Gasteiger charge is -2.23. The van der Waals surface area contributed by atoms with Crippen LogP contribution in [-0.2, 0) is 4.79 Å². The fraction of sp³-hybridized carbons (Fsp3) is 0.867. The minimum atomic E-state index is 0. The predicted molar refractivity (Wildman–Crippen MR) is 97.2 cm³/mol. The van der Waals surface area contributed by atoms with Crippen LogP contribution in [0.4, 0.5) is 0 Å². The van der Waals surface area contributed by atoms with E-state index in [-0.39, 0.29) is 36.4 Å². The molecule has 5 nitrogen and oxygen atoms in total. The quantitative estimate of drug-likeness (QED) is 0.426. The minimum absolute atomic E-state index is 0. The highest BCUT2D eigenvalue weighted by molar-refractivity contribution is 14.0. The van der Waals surface area contributed by atoms with E-state index in [1.54, 1.807) is 0 Å². The number of guanidine groups is 1. The highest BCUT2D eigenvalue weighted by Gasteiger charge is 2.17. The Kier molecular flexibility index (Phi) is 9.03. The second-order valence-electron chi connectivity index (χ2n) is 5.77. The van der Waals surface area contributed by atoms with Crippen molar-refractivity contribution in [3.8, 4) is 0 Å². The Hall–Kier alpha value is -0.530. The van der Waals surface area contributed by atoms with Crippen molar-refractivity contribution in [3.63, 3.8) is 0 Å². The number of nitrogens with zero attached hydrogens (tertiary/aromatic N) is 2. The van der Waals surface area contributed by atoms with Crippen LogP contribution in [0.1, 0.15) is 51.9 Å². The lowest BCUT2D eigenvalue weighted by atomic mass is 9.95. The van der Waals surface area contributed by atoms with Gasteiger partial charge in [0.25, 0.3) is 0 Å². The topological polar surface area (TPSA) is 56.7 Å². The van der Waals surface area contributed by atoms with Gasteiger partial charge in [-0.1, -0.05) is 19.3 Å². The Morgan fingerprint density at radius 2 is 1.81 bits per heavy atom. The Balaban J connectivity index is 0.00000220. The molecule has 0 spiro atoms. The van der Waals surface area contributed by atoms with Crippen LogP contribution in [0.15, 0.2) is 4.99 Å². The third-order valence-electron chi connectivity index (χ3n) is 4.08. The zero-order chi connectivity index (χ0) is 14.2. The summed E-state index contributed by atoms with van der Waals surface area (Å²) in [5, 5.41) is 6.39. The first kappa shape index (κ1) is 18.5. The Morgan fingerprint density at radius 3 is 2.43 bits per heavy atom. The molecule has 0 bridgehead atoms. The Bertz CT molecular complexity index is 337. The Morgan fingerprint density at radius 1 is 1.14 bits per heavy atom. The summed E-state index contributed by atoms with van der Waals surface area (Å²) >= 11 is 0. The van der Waals surface area contributed by atoms with Crippen LogP contribution in [-0.4, -0.2) is 49.0 Å². The van der Waals surface area contributed by atoms with Gasteiger partial charge in [0.1, 0.15) is 6.54 Å². The molecule has 6 heteroatoms. The van der Waals surface area contributed by atoms with Crippen molar-refractivity contribution >= 4 is 35.8 Å². The first-order chi connectivity index (χ1) is 9.79. The van der Waals surface area contributed by atoms with Gasteiger partial charge in [-0.05, 0) is 32.6 Å². The van der Waals surface area contributed by atoms with Gasteiger partial charge in [-0.3, -0.25) is 4.79 Å². The van der Waals surface area contributed by atoms with Gasteiger partial charge in [-0.2, -0.15) is 0 Å². The molecule has 1 amide bonds. The lowest BCUT2D eigenvalue weighted by Crippen LogP contribution is -2.41. The molecule has 0 aromatic carbocycles. The standard InChI is InChI=1S/C15H28N4O.HI/c1-2-16-15(19-10-6-7-11-19)17-12-14(20)18-13-8-4-3-5-9-13;/h13H,2-12H2,1H3,(H,16,17)(H,18,20);1H. The van der Waals surface area contributed by atoms with E-state index < -0.39 is 0 Å². The Labute approximate surface area is 145 Å². The van der Waals surface area contributed by atoms with Crippen LogP contribution < -0.4 is 10.6 Å². The second kappa shape index (κ2) is 10.2. The van der Waals surface area contributed by atoms with E-state index in [4.69, 9.17) is 0 Å². The van der Waals surface area contributed by atoms with Crippen LogP contribution in [0.3, 0.4) is 0 Å². The number of carbonyl (C=O) groups is 1. The summed E-state index contributed by atoms with van der Waals surface area (Å²) < 4.78 is 0. The third kappa shape index (κ3) is 6.40. The van der Waals surface area contributed by atoms with Crippen molar-refractivity contribution in [2.24, 2.45) is 4.99 Å². The molecule has 2 rings (SSSR count). The van der Waals surface area contributed by atoms with E-state index in [1.807, 2.05) is 0 Å². The molecule has 1 aliphatic heterocycles. The molecule has 0 aromatic rings.